The minimum Gasteiger partial charge on any atom is -0.339 e. The summed E-state index contributed by atoms with van der Waals surface area (Å²) in [6.07, 6.45) is 1.49. The van der Waals surface area contributed by atoms with Crippen LogP contribution in [0.2, 0.25) is 5.02 Å². The molecule has 1 aromatic heterocycles. The maximum absolute atomic E-state index is 11.6. The Morgan fingerprint density at radius 1 is 1.65 bits per heavy atom. The summed E-state index contributed by atoms with van der Waals surface area (Å²) in [7, 11) is 0. The van der Waals surface area contributed by atoms with Crippen molar-refractivity contribution in [1.82, 2.24) is 10.3 Å². The predicted octanol–water partition coefficient (Wildman–Crippen LogP) is 1.23. The molecule has 0 aliphatic rings. The lowest BCUT2D eigenvalue weighted by atomic mass is 10.2. The zero-order valence-corrected chi connectivity index (χ0v) is 10.1. The molecule has 1 rings (SSSR count). The number of H-pyrrole nitrogens is 1. The zero-order valence-electron chi connectivity index (χ0n) is 9.34. The van der Waals surface area contributed by atoms with Crippen molar-refractivity contribution in [3.63, 3.8) is 0 Å². The van der Waals surface area contributed by atoms with Gasteiger partial charge in [0.1, 0.15) is 12.1 Å². The van der Waals surface area contributed by atoms with Gasteiger partial charge in [0.2, 0.25) is 0 Å². The molecule has 0 aromatic carbocycles. The van der Waals surface area contributed by atoms with Gasteiger partial charge < -0.3 is 10.3 Å². The first kappa shape index (κ1) is 13.3. The van der Waals surface area contributed by atoms with E-state index in [0.717, 1.165) is 6.42 Å². The molecule has 0 aliphatic carbocycles. The van der Waals surface area contributed by atoms with E-state index in [1.165, 1.54) is 6.07 Å². The Kier molecular flexibility index (Phi) is 4.73. The molecule has 0 atom stereocenters. The number of halogens is 1. The third-order valence-corrected chi connectivity index (χ3v) is 2.48. The van der Waals surface area contributed by atoms with Crippen molar-refractivity contribution in [2.45, 2.75) is 19.8 Å². The average Bonchev–Trinajstić information content (AvgIpc) is 2.30. The van der Waals surface area contributed by atoms with E-state index in [2.05, 4.69) is 10.3 Å². The summed E-state index contributed by atoms with van der Waals surface area (Å²) in [5.74, 6) is -0.599. The molecule has 17 heavy (non-hydrogen) atoms. The second-order valence-corrected chi connectivity index (χ2v) is 3.84. The van der Waals surface area contributed by atoms with E-state index in [4.69, 9.17) is 16.9 Å². The van der Waals surface area contributed by atoms with Crippen molar-refractivity contribution >= 4 is 17.5 Å². The van der Waals surface area contributed by atoms with Crippen molar-refractivity contribution < 1.29 is 4.79 Å². The van der Waals surface area contributed by atoms with Gasteiger partial charge in [-0.05, 0) is 12.5 Å². The topological polar surface area (TPSA) is 85.8 Å². The van der Waals surface area contributed by atoms with Crippen molar-refractivity contribution in [1.29, 1.82) is 5.26 Å². The van der Waals surface area contributed by atoms with Gasteiger partial charge in [0, 0.05) is 5.69 Å². The summed E-state index contributed by atoms with van der Waals surface area (Å²) in [5, 5.41) is 11.0. The molecule has 90 valence electrons. The van der Waals surface area contributed by atoms with Gasteiger partial charge in [0.25, 0.3) is 11.5 Å². The van der Waals surface area contributed by atoms with Gasteiger partial charge in [0.15, 0.2) is 0 Å². The van der Waals surface area contributed by atoms with Gasteiger partial charge in [-0.3, -0.25) is 9.59 Å². The number of aromatic nitrogens is 1. The quantitative estimate of drug-likeness (QED) is 0.792. The van der Waals surface area contributed by atoms with E-state index >= 15 is 0 Å². The summed E-state index contributed by atoms with van der Waals surface area (Å²) in [6, 6.07) is 3.09. The van der Waals surface area contributed by atoms with Crippen LogP contribution in [0.15, 0.2) is 10.9 Å². The second kappa shape index (κ2) is 6.06. The number of amides is 1. The molecule has 0 radical (unpaired) electrons. The SMILES string of the molecule is CCCc1[nH]c(=O)c(C(=O)NCC#N)cc1Cl. The van der Waals surface area contributed by atoms with Crippen LogP contribution in [0.25, 0.3) is 0 Å². The van der Waals surface area contributed by atoms with Crippen molar-refractivity contribution in [2.75, 3.05) is 6.54 Å². The number of aryl methyl sites for hydroxylation is 1. The number of nitrogens with one attached hydrogen (secondary N) is 2. The van der Waals surface area contributed by atoms with Crippen LogP contribution in [0.3, 0.4) is 0 Å². The standard InChI is InChI=1S/C11H12ClN3O2/c1-2-3-9-8(12)6-7(11(17)15-9)10(16)14-5-4-13/h6H,2-3,5H2,1H3,(H,14,16)(H,15,17). The maximum Gasteiger partial charge on any atom is 0.261 e. The zero-order chi connectivity index (χ0) is 12.8. The lowest BCUT2D eigenvalue weighted by Gasteiger charge is -2.05. The first-order valence-electron chi connectivity index (χ1n) is 5.17. The molecule has 0 aliphatic heterocycles. The molecule has 6 heteroatoms. The van der Waals surface area contributed by atoms with E-state index in [1.807, 2.05) is 6.92 Å². The largest absolute Gasteiger partial charge is 0.339 e. The summed E-state index contributed by atoms with van der Waals surface area (Å²) >= 11 is 5.94. The number of rotatable bonds is 4. The minimum atomic E-state index is -0.599. The Balaban J connectivity index is 3.04. The number of hydrogen-bond acceptors (Lipinski definition) is 3. The highest BCUT2D eigenvalue weighted by Gasteiger charge is 2.13. The number of carbonyl (C=O) groups excluding carboxylic acids is 1. The van der Waals surface area contributed by atoms with E-state index in [1.54, 1.807) is 6.07 Å². The van der Waals surface area contributed by atoms with Gasteiger partial charge in [-0.2, -0.15) is 5.26 Å². The Hall–Kier alpha value is -1.80. The summed E-state index contributed by atoms with van der Waals surface area (Å²) < 4.78 is 0. The first-order chi connectivity index (χ1) is 8.10. The maximum atomic E-state index is 11.6. The van der Waals surface area contributed by atoms with Gasteiger partial charge in [-0.25, -0.2) is 0 Å². The van der Waals surface area contributed by atoms with Crippen LogP contribution < -0.4 is 10.9 Å². The predicted molar refractivity (Wildman–Crippen MR) is 64.0 cm³/mol. The van der Waals surface area contributed by atoms with Crippen LogP contribution in [-0.4, -0.2) is 17.4 Å². The third-order valence-electron chi connectivity index (χ3n) is 2.14. The highest BCUT2D eigenvalue weighted by molar-refractivity contribution is 6.31. The highest BCUT2D eigenvalue weighted by Crippen LogP contribution is 2.14. The average molecular weight is 254 g/mol. The van der Waals surface area contributed by atoms with Crippen molar-refractivity contribution in [3.05, 3.63) is 32.7 Å². The number of aromatic amines is 1. The Labute approximate surface area is 103 Å². The molecule has 0 spiro atoms. The lowest BCUT2D eigenvalue weighted by Crippen LogP contribution is -2.30. The number of nitriles is 1. The fraction of sp³-hybridized carbons (Fsp3) is 0.364. The number of nitrogens with zero attached hydrogens (tertiary/aromatic N) is 1. The van der Waals surface area contributed by atoms with E-state index in [9.17, 15) is 9.59 Å². The molecule has 0 unspecified atom stereocenters. The first-order valence-corrected chi connectivity index (χ1v) is 5.54. The molecular weight excluding hydrogens is 242 g/mol. The molecule has 1 aromatic rings. The fourth-order valence-corrected chi connectivity index (χ4v) is 1.61. The van der Waals surface area contributed by atoms with Crippen LogP contribution in [0.5, 0.6) is 0 Å². The lowest BCUT2D eigenvalue weighted by molar-refractivity contribution is 0.0957. The number of hydrogen-bond donors (Lipinski definition) is 2. The molecule has 2 N–H and O–H groups in total. The second-order valence-electron chi connectivity index (χ2n) is 3.43. The number of pyridine rings is 1. The highest BCUT2D eigenvalue weighted by atomic mass is 35.5. The normalized spacial score (nSPS) is 9.71. The van der Waals surface area contributed by atoms with Gasteiger partial charge >= 0.3 is 0 Å². The number of carbonyl (C=O) groups is 1. The molecule has 1 heterocycles. The van der Waals surface area contributed by atoms with E-state index in [0.29, 0.717) is 17.1 Å². The van der Waals surface area contributed by atoms with Crippen LogP contribution >= 0.6 is 11.6 Å². The molecule has 1 amide bonds. The summed E-state index contributed by atoms with van der Waals surface area (Å²) in [6.45, 7) is 1.81. The van der Waals surface area contributed by atoms with Crippen LogP contribution in [0.1, 0.15) is 29.4 Å². The van der Waals surface area contributed by atoms with Crippen LogP contribution in [0.4, 0.5) is 0 Å². The summed E-state index contributed by atoms with van der Waals surface area (Å²) in [5.41, 5.74) is 0.0504. The van der Waals surface area contributed by atoms with E-state index in [-0.39, 0.29) is 12.1 Å². The van der Waals surface area contributed by atoms with Gasteiger partial charge in [-0.1, -0.05) is 24.9 Å². The molecule has 5 nitrogen and oxygen atoms in total. The van der Waals surface area contributed by atoms with Gasteiger partial charge in [-0.15, -0.1) is 0 Å². The Morgan fingerprint density at radius 2 is 2.35 bits per heavy atom. The fourth-order valence-electron chi connectivity index (χ4n) is 1.36. The molecular formula is C11H12ClN3O2. The van der Waals surface area contributed by atoms with Crippen molar-refractivity contribution in [3.8, 4) is 6.07 Å². The molecule has 0 saturated carbocycles. The van der Waals surface area contributed by atoms with Crippen LogP contribution in [-0.2, 0) is 6.42 Å². The van der Waals surface area contributed by atoms with Gasteiger partial charge in [0.05, 0.1) is 11.1 Å². The monoisotopic (exact) mass is 253 g/mol. The smallest absolute Gasteiger partial charge is 0.261 e. The summed E-state index contributed by atoms with van der Waals surface area (Å²) in [4.78, 5) is 25.7. The van der Waals surface area contributed by atoms with Crippen molar-refractivity contribution in [2.24, 2.45) is 0 Å². The third kappa shape index (κ3) is 3.33. The molecule has 0 fully saturated rings. The minimum absolute atomic E-state index is 0.0786. The van der Waals surface area contributed by atoms with E-state index < -0.39 is 11.5 Å². The molecule has 0 saturated heterocycles. The van der Waals surface area contributed by atoms with Crippen LogP contribution in [0, 0.1) is 11.3 Å². The molecule has 0 bridgehead atoms. The Morgan fingerprint density at radius 3 is 2.94 bits per heavy atom. The Bertz CT molecular complexity index is 516.